The zero-order chi connectivity index (χ0) is 12.7. The van der Waals surface area contributed by atoms with E-state index in [0.29, 0.717) is 31.9 Å². The van der Waals surface area contributed by atoms with Crippen molar-refractivity contribution in [3.8, 4) is 0 Å². The van der Waals surface area contributed by atoms with Crippen LogP contribution in [0.25, 0.3) is 0 Å². The van der Waals surface area contributed by atoms with Gasteiger partial charge in [-0.15, -0.1) is 0 Å². The second kappa shape index (κ2) is 7.30. The Morgan fingerprint density at radius 1 is 1.24 bits per heavy atom. The average molecular weight is 241 g/mol. The van der Waals surface area contributed by atoms with Gasteiger partial charge < -0.3 is 9.64 Å². The number of ketones is 1. The fourth-order valence-corrected chi connectivity index (χ4v) is 2.07. The molecule has 1 saturated heterocycles. The maximum atomic E-state index is 11.6. The van der Waals surface area contributed by atoms with E-state index in [1.54, 1.807) is 4.90 Å². The van der Waals surface area contributed by atoms with E-state index >= 15 is 0 Å². The predicted octanol–water partition coefficient (Wildman–Crippen LogP) is 2.61. The lowest BCUT2D eigenvalue weighted by molar-refractivity contribution is -0.123. The molecule has 4 heteroatoms. The van der Waals surface area contributed by atoms with Crippen molar-refractivity contribution in [2.24, 2.45) is 5.92 Å². The van der Waals surface area contributed by atoms with Crippen LogP contribution in [0.4, 0.5) is 4.79 Å². The van der Waals surface area contributed by atoms with E-state index in [1.807, 2.05) is 6.92 Å². The Labute approximate surface area is 103 Å². The maximum Gasteiger partial charge on any atom is 0.409 e. The van der Waals surface area contributed by atoms with E-state index in [-0.39, 0.29) is 12.0 Å². The molecule has 0 saturated carbocycles. The van der Waals surface area contributed by atoms with E-state index in [4.69, 9.17) is 4.74 Å². The largest absolute Gasteiger partial charge is 0.449 e. The average Bonchev–Trinajstić information content (AvgIpc) is 2.38. The molecule has 1 fully saturated rings. The number of Topliss-reactive ketones (excluding diaryl/α,β-unsaturated/α-hetero) is 1. The first kappa shape index (κ1) is 14.0. The third-order valence-electron chi connectivity index (χ3n) is 3.28. The topological polar surface area (TPSA) is 46.6 Å². The third kappa shape index (κ3) is 4.36. The van der Waals surface area contributed by atoms with Gasteiger partial charge in [0, 0.05) is 25.4 Å². The summed E-state index contributed by atoms with van der Waals surface area (Å²) in [5, 5.41) is 0. The number of unbranched alkanes of at least 4 members (excludes halogenated alkanes) is 1. The van der Waals surface area contributed by atoms with Crippen LogP contribution in [0.2, 0.25) is 0 Å². The number of hydrogen-bond acceptors (Lipinski definition) is 3. The fourth-order valence-electron chi connectivity index (χ4n) is 2.07. The third-order valence-corrected chi connectivity index (χ3v) is 3.28. The van der Waals surface area contributed by atoms with Crippen molar-refractivity contribution in [3.63, 3.8) is 0 Å². The molecule has 0 N–H and O–H groups in total. The molecule has 1 heterocycles. The summed E-state index contributed by atoms with van der Waals surface area (Å²) < 4.78 is 5.15. The van der Waals surface area contributed by atoms with Crippen LogP contribution in [0.15, 0.2) is 0 Å². The van der Waals surface area contributed by atoms with Crippen LogP contribution in [-0.4, -0.2) is 36.5 Å². The Bertz CT molecular complexity index is 257. The van der Waals surface area contributed by atoms with E-state index < -0.39 is 0 Å². The molecule has 0 aromatic rings. The summed E-state index contributed by atoms with van der Waals surface area (Å²) in [7, 11) is 0. The van der Waals surface area contributed by atoms with Gasteiger partial charge in [0.2, 0.25) is 0 Å². The van der Waals surface area contributed by atoms with Crippen LogP contribution < -0.4 is 0 Å². The lowest BCUT2D eigenvalue weighted by atomic mass is 9.91. The zero-order valence-electron chi connectivity index (χ0n) is 10.9. The fraction of sp³-hybridized carbons (Fsp3) is 0.846. The number of nitrogens with zero attached hydrogens (tertiary/aromatic N) is 1. The summed E-state index contributed by atoms with van der Waals surface area (Å²) in [6.45, 7) is 5.77. The van der Waals surface area contributed by atoms with Gasteiger partial charge >= 0.3 is 6.09 Å². The van der Waals surface area contributed by atoms with Crippen molar-refractivity contribution in [1.29, 1.82) is 0 Å². The summed E-state index contributed by atoms with van der Waals surface area (Å²) in [6, 6.07) is 0. The van der Waals surface area contributed by atoms with Gasteiger partial charge in [-0.2, -0.15) is 0 Å². The molecular formula is C13H23NO3. The molecule has 1 amide bonds. The Hall–Kier alpha value is -1.06. The molecule has 0 aromatic heterocycles. The highest BCUT2D eigenvalue weighted by Crippen LogP contribution is 2.19. The van der Waals surface area contributed by atoms with Gasteiger partial charge in [-0.3, -0.25) is 4.79 Å². The molecule has 98 valence electrons. The van der Waals surface area contributed by atoms with Crippen LogP contribution in [-0.2, 0) is 9.53 Å². The van der Waals surface area contributed by atoms with Gasteiger partial charge in [0.1, 0.15) is 5.78 Å². The summed E-state index contributed by atoms with van der Waals surface area (Å²) >= 11 is 0. The highest BCUT2D eigenvalue weighted by molar-refractivity contribution is 5.81. The second-order valence-corrected chi connectivity index (χ2v) is 4.55. The van der Waals surface area contributed by atoms with Gasteiger partial charge in [-0.25, -0.2) is 4.79 Å². The van der Waals surface area contributed by atoms with Crippen molar-refractivity contribution >= 4 is 11.9 Å². The summed E-state index contributed by atoms with van der Waals surface area (Å²) in [5.41, 5.74) is 0. The van der Waals surface area contributed by atoms with Crippen LogP contribution in [0.3, 0.4) is 0 Å². The predicted molar refractivity (Wildman–Crippen MR) is 65.9 cm³/mol. The highest BCUT2D eigenvalue weighted by atomic mass is 16.6. The lowest BCUT2D eigenvalue weighted by Gasteiger charge is -2.30. The first-order valence-electron chi connectivity index (χ1n) is 6.63. The normalized spacial score (nSPS) is 16.9. The minimum atomic E-state index is -0.221. The molecule has 17 heavy (non-hydrogen) atoms. The zero-order valence-corrected chi connectivity index (χ0v) is 10.9. The van der Waals surface area contributed by atoms with Gasteiger partial charge in [0.05, 0.1) is 6.61 Å². The van der Waals surface area contributed by atoms with Crippen LogP contribution in [0.1, 0.15) is 46.0 Å². The monoisotopic (exact) mass is 241 g/mol. The first-order chi connectivity index (χ1) is 8.19. The summed E-state index contributed by atoms with van der Waals surface area (Å²) in [5.74, 6) is 0.476. The smallest absolute Gasteiger partial charge is 0.409 e. The molecule has 0 radical (unpaired) electrons. The van der Waals surface area contributed by atoms with Gasteiger partial charge in [0.15, 0.2) is 0 Å². The number of amides is 1. The highest BCUT2D eigenvalue weighted by Gasteiger charge is 2.26. The molecular weight excluding hydrogens is 218 g/mol. The van der Waals surface area contributed by atoms with Gasteiger partial charge in [0.25, 0.3) is 0 Å². The van der Waals surface area contributed by atoms with Crippen molar-refractivity contribution in [2.75, 3.05) is 19.7 Å². The number of ether oxygens (including phenoxy) is 1. The van der Waals surface area contributed by atoms with Gasteiger partial charge in [-0.05, 0) is 19.3 Å². The quantitative estimate of drug-likeness (QED) is 0.695. The maximum absolute atomic E-state index is 11.6. The standard InChI is InChI=1S/C13H23NO3/c1-3-5-10-17-13(16)14-8-6-11(7-9-14)12(15)4-2/h11H,3-10H2,1-2H3. The minimum absolute atomic E-state index is 0.152. The number of likely N-dealkylation sites (tertiary alicyclic amines) is 1. The SMILES string of the molecule is CCCCOC(=O)N1CCC(C(=O)CC)CC1. The van der Waals surface area contributed by atoms with E-state index in [2.05, 4.69) is 6.92 Å². The first-order valence-corrected chi connectivity index (χ1v) is 6.63. The van der Waals surface area contributed by atoms with Crippen molar-refractivity contribution in [3.05, 3.63) is 0 Å². The molecule has 0 aliphatic carbocycles. The lowest BCUT2D eigenvalue weighted by Crippen LogP contribution is -2.40. The molecule has 4 nitrogen and oxygen atoms in total. The molecule has 0 bridgehead atoms. The molecule has 0 aromatic carbocycles. The van der Waals surface area contributed by atoms with E-state index in [1.165, 1.54) is 0 Å². The van der Waals surface area contributed by atoms with Crippen LogP contribution >= 0.6 is 0 Å². The van der Waals surface area contributed by atoms with Crippen molar-refractivity contribution < 1.29 is 14.3 Å². The molecule has 0 atom stereocenters. The molecule has 0 unspecified atom stereocenters. The number of carbonyl (C=O) groups excluding carboxylic acids is 2. The van der Waals surface area contributed by atoms with Crippen LogP contribution in [0.5, 0.6) is 0 Å². The van der Waals surface area contributed by atoms with Gasteiger partial charge in [-0.1, -0.05) is 20.3 Å². The molecule has 1 aliphatic heterocycles. The Morgan fingerprint density at radius 3 is 2.41 bits per heavy atom. The van der Waals surface area contributed by atoms with E-state index in [9.17, 15) is 9.59 Å². The second-order valence-electron chi connectivity index (χ2n) is 4.55. The molecule has 0 spiro atoms. The number of hydrogen-bond donors (Lipinski definition) is 0. The minimum Gasteiger partial charge on any atom is -0.449 e. The van der Waals surface area contributed by atoms with Crippen molar-refractivity contribution in [1.82, 2.24) is 4.90 Å². The van der Waals surface area contributed by atoms with Crippen LogP contribution in [0, 0.1) is 5.92 Å². The number of piperidine rings is 1. The Kier molecular flexibility index (Phi) is 6.01. The van der Waals surface area contributed by atoms with E-state index in [0.717, 1.165) is 25.7 Å². The summed E-state index contributed by atoms with van der Waals surface area (Å²) in [6.07, 6.45) is 3.90. The number of carbonyl (C=O) groups is 2. The molecule has 1 aliphatic rings. The Balaban J connectivity index is 2.26. The van der Waals surface area contributed by atoms with Crippen molar-refractivity contribution in [2.45, 2.75) is 46.0 Å². The molecule has 1 rings (SSSR count). The number of rotatable bonds is 5. The Morgan fingerprint density at radius 2 is 1.88 bits per heavy atom. The summed E-state index contributed by atoms with van der Waals surface area (Å²) in [4.78, 5) is 24.9.